The molecular weight excluding hydrogens is 380 g/mol. The van der Waals surface area contributed by atoms with Gasteiger partial charge in [0.2, 0.25) is 0 Å². The predicted molar refractivity (Wildman–Crippen MR) is 118 cm³/mol. The molecule has 0 bridgehead atoms. The number of rotatable bonds is 4. The van der Waals surface area contributed by atoms with E-state index in [4.69, 9.17) is 9.47 Å². The van der Waals surface area contributed by atoms with E-state index >= 15 is 0 Å². The summed E-state index contributed by atoms with van der Waals surface area (Å²) in [5, 5.41) is 10.2. The van der Waals surface area contributed by atoms with Crippen LogP contribution in [-0.4, -0.2) is 37.7 Å². The topological polar surface area (TPSA) is 71.2 Å². The minimum Gasteiger partial charge on any atom is -0.486 e. The Balaban J connectivity index is 0.00000256. The van der Waals surface area contributed by atoms with Crippen LogP contribution in [0.3, 0.4) is 0 Å². The molecule has 1 saturated heterocycles. The molecule has 0 aliphatic carbocycles. The lowest BCUT2D eigenvalue weighted by molar-refractivity contribution is -0.144. The highest BCUT2D eigenvalue weighted by atomic mass is 16.6. The maximum absolute atomic E-state index is 11.5. The van der Waals surface area contributed by atoms with E-state index in [1.807, 2.05) is 48.7 Å². The van der Waals surface area contributed by atoms with E-state index in [-0.39, 0.29) is 31.1 Å². The van der Waals surface area contributed by atoms with Crippen molar-refractivity contribution in [3.63, 3.8) is 0 Å². The van der Waals surface area contributed by atoms with E-state index in [1.165, 1.54) is 0 Å². The molecule has 7 nitrogen and oxygen atoms in total. The van der Waals surface area contributed by atoms with Gasteiger partial charge in [-0.3, -0.25) is 14.2 Å². The maximum Gasteiger partial charge on any atom is 0.306 e. The summed E-state index contributed by atoms with van der Waals surface area (Å²) in [5.74, 6) is 0.596. The Hall–Kier alpha value is -2.83. The van der Waals surface area contributed by atoms with Gasteiger partial charge in [-0.25, -0.2) is 0 Å². The predicted octanol–water partition coefficient (Wildman–Crippen LogP) is 4.61. The summed E-state index contributed by atoms with van der Waals surface area (Å²) in [4.78, 5) is 11.5. The Morgan fingerprint density at radius 2 is 2.00 bits per heavy atom. The summed E-state index contributed by atoms with van der Waals surface area (Å²) in [6, 6.07) is 4.10. The van der Waals surface area contributed by atoms with E-state index in [0.29, 0.717) is 12.8 Å². The number of esters is 1. The second-order valence-corrected chi connectivity index (χ2v) is 8.81. The number of cyclic esters (lactones) is 1. The van der Waals surface area contributed by atoms with Crippen molar-refractivity contribution >= 4 is 16.9 Å². The van der Waals surface area contributed by atoms with Crippen molar-refractivity contribution in [2.75, 3.05) is 0 Å². The summed E-state index contributed by atoms with van der Waals surface area (Å²) >= 11 is 0. The zero-order valence-electron chi connectivity index (χ0n) is 17.9. The van der Waals surface area contributed by atoms with Crippen molar-refractivity contribution in [2.45, 2.75) is 72.6 Å². The smallest absolute Gasteiger partial charge is 0.306 e. The molecule has 3 aromatic rings. The van der Waals surface area contributed by atoms with Gasteiger partial charge in [0.25, 0.3) is 0 Å². The van der Waals surface area contributed by atoms with Crippen LogP contribution in [0.1, 0.15) is 53.7 Å². The largest absolute Gasteiger partial charge is 0.486 e. The molecule has 2 atom stereocenters. The van der Waals surface area contributed by atoms with E-state index in [0.717, 1.165) is 33.5 Å². The second-order valence-electron chi connectivity index (χ2n) is 8.81. The fourth-order valence-electron chi connectivity index (χ4n) is 3.69. The first-order chi connectivity index (χ1) is 13.6. The molecule has 30 heavy (non-hydrogen) atoms. The fourth-order valence-corrected chi connectivity index (χ4v) is 3.69. The van der Waals surface area contributed by atoms with Crippen LogP contribution < -0.4 is 4.74 Å². The number of ether oxygens (including phenoxy) is 2. The van der Waals surface area contributed by atoms with Crippen LogP contribution in [-0.2, 0) is 22.1 Å². The Morgan fingerprint density at radius 3 is 2.60 bits per heavy atom. The molecule has 1 aliphatic rings. The normalized spacial score (nSPS) is 17.7. The highest BCUT2D eigenvalue weighted by molar-refractivity contribution is 5.92. The Kier molecular flexibility index (Phi) is 5.67. The standard InChI is InChI=1S/C22H28N4O3.CH4/c1-13-21-17(24-25(13)6)9-15(16-11-23-26(12-16)22(3,4)5)10-19(21)28-14(2)18-7-8-20(27)29-18;/h9-12,14,18H,7-8H2,1-6H3;1H4/t14-,18-;/m1./s1. The van der Waals surface area contributed by atoms with Gasteiger partial charge in [-0.05, 0) is 58.7 Å². The molecule has 2 aromatic heterocycles. The maximum atomic E-state index is 11.5. The van der Waals surface area contributed by atoms with Gasteiger partial charge in [0.1, 0.15) is 18.0 Å². The number of fused-ring (bicyclic) bond motifs is 1. The highest BCUT2D eigenvalue weighted by Gasteiger charge is 2.30. The number of carbonyl (C=O) groups is 1. The molecule has 1 aromatic carbocycles. The van der Waals surface area contributed by atoms with Crippen molar-refractivity contribution in [1.82, 2.24) is 19.6 Å². The number of aromatic nitrogens is 4. The molecular formula is C23H32N4O3. The molecule has 0 N–H and O–H groups in total. The Bertz CT molecular complexity index is 1070. The van der Waals surface area contributed by atoms with Gasteiger partial charge in [-0.1, -0.05) is 7.43 Å². The first kappa shape index (κ1) is 21.9. The molecule has 0 radical (unpaired) electrons. The number of aryl methyl sites for hydroxylation is 2. The second kappa shape index (κ2) is 7.78. The van der Waals surface area contributed by atoms with E-state index in [9.17, 15) is 4.79 Å². The van der Waals surface area contributed by atoms with Gasteiger partial charge in [-0.15, -0.1) is 0 Å². The van der Waals surface area contributed by atoms with E-state index in [1.54, 1.807) is 0 Å². The average molecular weight is 413 g/mol. The first-order valence-corrected chi connectivity index (χ1v) is 10.0. The summed E-state index contributed by atoms with van der Waals surface area (Å²) in [5.41, 5.74) is 3.82. The zero-order chi connectivity index (χ0) is 20.9. The molecule has 4 rings (SSSR count). The Labute approximate surface area is 178 Å². The van der Waals surface area contributed by atoms with Crippen molar-refractivity contribution in [3.05, 3.63) is 30.2 Å². The van der Waals surface area contributed by atoms with E-state index in [2.05, 4.69) is 37.0 Å². The molecule has 3 heterocycles. The van der Waals surface area contributed by atoms with Gasteiger partial charge in [0.05, 0.1) is 22.6 Å². The minimum absolute atomic E-state index is 0. The summed E-state index contributed by atoms with van der Waals surface area (Å²) in [6.07, 6.45) is 4.59. The molecule has 0 spiro atoms. The SMILES string of the molecule is C.Cc1c2c(O[C@H](C)[C@H]3CCC(=O)O3)cc(-c3cnn(C(C)(C)C)c3)cc2nn1C. The van der Waals surface area contributed by atoms with Gasteiger partial charge in [0.15, 0.2) is 0 Å². The molecule has 1 aliphatic heterocycles. The third kappa shape index (κ3) is 3.93. The van der Waals surface area contributed by atoms with Gasteiger partial charge < -0.3 is 9.47 Å². The monoisotopic (exact) mass is 412 g/mol. The van der Waals surface area contributed by atoms with Crippen molar-refractivity contribution in [3.8, 4) is 16.9 Å². The lowest BCUT2D eigenvalue weighted by Crippen LogP contribution is -2.28. The minimum atomic E-state index is -0.239. The van der Waals surface area contributed by atoms with Gasteiger partial charge in [0, 0.05) is 30.9 Å². The number of hydrogen-bond donors (Lipinski definition) is 0. The van der Waals surface area contributed by atoms with Crippen LogP contribution in [0, 0.1) is 6.92 Å². The van der Waals surface area contributed by atoms with Crippen LogP contribution in [0.15, 0.2) is 24.5 Å². The lowest BCUT2D eigenvalue weighted by atomic mass is 10.0. The van der Waals surface area contributed by atoms with Crippen LogP contribution in [0.5, 0.6) is 5.75 Å². The molecule has 7 heteroatoms. The molecule has 0 saturated carbocycles. The first-order valence-electron chi connectivity index (χ1n) is 10.0. The van der Waals surface area contributed by atoms with Crippen molar-refractivity contribution < 1.29 is 14.3 Å². The Morgan fingerprint density at radius 1 is 1.27 bits per heavy atom. The third-order valence-corrected chi connectivity index (χ3v) is 5.54. The quantitative estimate of drug-likeness (QED) is 0.585. The molecule has 1 fully saturated rings. The lowest BCUT2D eigenvalue weighted by Gasteiger charge is -2.21. The molecule has 0 amide bonds. The number of benzene rings is 1. The van der Waals surface area contributed by atoms with Crippen LogP contribution in [0.4, 0.5) is 0 Å². The number of hydrogen-bond acceptors (Lipinski definition) is 5. The highest BCUT2D eigenvalue weighted by Crippen LogP contribution is 2.36. The number of nitrogens with zero attached hydrogens (tertiary/aromatic N) is 4. The van der Waals surface area contributed by atoms with Crippen LogP contribution in [0.25, 0.3) is 22.0 Å². The van der Waals surface area contributed by atoms with Crippen LogP contribution >= 0.6 is 0 Å². The zero-order valence-corrected chi connectivity index (χ0v) is 17.9. The summed E-state index contributed by atoms with van der Waals surface area (Å²) < 4.78 is 15.5. The average Bonchev–Trinajstić information content (AvgIpc) is 3.34. The number of carbonyl (C=O) groups excluding carboxylic acids is 1. The van der Waals surface area contributed by atoms with Crippen molar-refractivity contribution in [2.24, 2.45) is 7.05 Å². The third-order valence-electron chi connectivity index (χ3n) is 5.54. The van der Waals surface area contributed by atoms with Crippen molar-refractivity contribution in [1.29, 1.82) is 0 Å². The van der Waals surface area contributed by atoms with Gasteiger partial charge >= 0.3 is 5.97 Å². The van der Waals surface area contributed by atoms with Gasteiger partial charge in [-0.2, -0.15) is 10.2 Å². The molecule has 162 valence electrons. The van der Waals surface area contributed by atoms with E-state index < -0.39 is 0 Å². The summed E-state index contributed by atoms with van der Waals surface area (Å²) in [7, 11) is 1.93. The van der Waals surface area contributed by atoms with Crippen LogP contribution in [0.2, 0.25) is 0 Å². The fraction of sp³-hybridized carbons (Fsp3) is 0.522. The molecule has 0 unspecified atom stereocenters. The summed E-state index contributed by atoms with van der Waals surface area (Å²) in [6.45, 7) is 10.3.